The Morgan fingerprint density at radius 3 is 2.58 bits per heavy atom. The van der Waals surface area contributed by atoms with E-state index in [0.29, 0.717) is 6.41 Å². The van der Waals surface area contributed by atoms with Gasteiger partial charge in [-0.1, -0.05) is 0 Å². The third kappa shape index (κ3) is 2.27. The largest absolute Gasteiger partial charge is 0.329 e. The van der Waals surface area contributed by atoms with Crippen LogP contribution in [0.3, 0.4) is 0 Å². The minimum Gasteiger partial charge on any atom is -0.329 e. The molecule has 1 N–H and O–H groups in total. The summed E-state index contributed by atoms with van der Waals surface area (Å²) in [6, 6.07) is 6.95. The van der Waals surface area contributed by atoms with Gasteiger partial charge in [0.2, 0.25) is 6.41 Å². The van der Waals surface area contributed by atoms with Gasteiger partial charge in [-0.15, -0.1) is 0 Å². The molecule has 4 heteroatoms. The van der Waals surface area contributed by atoms with Gasteiger partial charge in [0.1, 0.15) is 0 Å². The highest BCUT2D eigenvalue weighted by atomic mass is 32.1. The summed E-state index contributed by atoms with van der Waals surface area (Å²) in [5, 5.41) is 4.76. The number of carbonyl (C=O) groups excluding carboxylic acids is 1. The fraction of sp³-hybridized carbons (Fsp3) is 0. The average Bonchev–Trinajstić information content (AvgIpc) is 2.09. The van der Waals surface area contributed by atoms with Crippen LogP contribution in [0.25, 0.3) is 0 Å². The average molecular weight is 178 g/mol. The molecule has 0 heterocycles. The summed E-state index contributed by atoms with van der Waals surface area (Å²) in [4.78, 5) is 13.8. The number of amides is 1. The number of isothiocyanates is 1. The molecule has 0 aliphatic heterocycles. The van der Waals surface area contributed by atoms with E-state index in [-0.39, 0.29) is 0 Å². The smallest absolute Gasteiger partial charge is 0.211 e. The van der Waals surface area contributed by atoms with Crippen molar-refractivity contribution >= 4 is 35.2 Å². The summed E-state index contributed by atoms with van der Waals surface area (Å²) in [5.74, 6) is 0. The number of hydrogen-bond donors (Lipinski definition) is 1. The van der Waals surface area contributed by atoms with Gasteiger partial charge in [-0.25, -0.2) is 0 Å². The first-order valence-corrected chi connectivity index (χ1v) is 3.66. The molecular weight excluding hydrogens is 172 g/mol. The van der Waals surface area contributed by atoms with Crippen molar-refractivity contribution < 1.29 is 4.79 Å². The molecule has 0 spiro atoms. The van der Waals surface area contributed by atoms with Crippen LogP contribution in [-0.4, -0.2) is 11.6 Å². The Labute approximate surface area is 75.1 Å². The van der Waals surface area contributed by atoms with E-state index in [1.54, 1.807) is 24.3 Å². The Bertz CT molecular complexity index is 314. The Balaban J connectivity index is 2.84. The minimum absolute atomic E-state index is 0.622. The number of benzene rings is 1. The van der Waals surface area contributed by atoms with E-state index in [2.05, 4.69) is 27.7 Å². The monoisotopic (exact) mass is 178 g/mol. The van der Waals surface area contributed by atoms with Crippen molar-refractivity contribution in [1.82, 2.24) is 0 Å². The Hall–Kier alpha value is -1.51. The van der Waals surface area contributed by atoms with Crippen LogP contribution in [0, 0.1) is 0 Å². The first-order valence-electron chi connectivity index (χ1n) is 3.25. The maximum absolute atomic E-state index is 10.0. The summed E-state index contributed by atoms with van der Waals surface area (Å²) in [6.07, 6.45) is 0.622. The molecule has 3 nitrogen and oxygen atoms in total. The topological polar surface area (TPSA) is 41.5 Å². The lowest BCUT2D eigenvalue weighted by molar-refractivity contribution is -0.105. The molecule has 0 aliphatic rings. The van der Waals surface area contributed by atoms with Crippen molar-refractivity contribution in [3.05, 3.63) is 24.3 Å². The molecule has 0 aliphatic carbocycles. The van der Waals surface area contributed by atoms with Gasteiger partial charge >= 0.3 is 0 Å². The summed E-state index contributed by atoms with van der Waals surface area (Å²) in [6.45, 7) is 0. The molecule has 0 fully saturated rings. The SMILES string of the molecule is O=CNc1ccc(N=C=S)cc1. The fourth-order valence-corrected chi connectivity index (χ4v) is 0.858. The molecule has 0 unspecified atom stereocenters. The Morgan fingerprint density at radius 1 is 1.42 bits per heavy atom. The van der Waals surface area contributed by atoms with Crippen molar-refractivity contribution in [2.45, 2.75) is 0 Å². The zero-order valence-corrected chi connectivity index (χ0v) is 6.97. The Morgan fingerprint density at radius 2 is 2.08 bits per heavy atom. The maximum Gasteiger partial charge on any atom is 0.211 e. The summed E-state index contributed by atoms with van der Waals surface area (Å²) in [7, 11) is 0. The van der Waals surface area contributed by atoms with Crippen LogP contribution >= 0.6 is 12.2 Å². The molecule has 0 saturated heterocycles. The molecule has 1 aromatic carbocycles. The molecule has 0 saturated carbocycles. The van der Waals surface area contributed by atoms with Gasteiger partial charge in [-0.2, -0.15) is 4.99 Å². The number of nitrogens with one attached hydrogen (secondary N) is 1. The minimum atomic E-state index is 0.622. The van der Waals surface area contributed by atoms with Gasteiger partial charge in [0.25, 0.3) is 0 Å². The van der Waals surface area contributed by atoms with E-state index in [1.807, 2.05) is 0 Å². The highest BCUT2D eigenvalue weighted by Crippen LogP contribution is 2.14. The van der Waals surface area contributed by atoms with Crippen molar-refractivity contribution in [1.29, 1.82) is 0 Å². The van der Waals surface area contributed by atoms with Gasteiger partial charge in [-0.05, 0) is 36.5 Å². The van der Waals surface area contributed by atoms with Crippen LogP contribution in [0.4, 0.5) is 11.4 Å². The lowest BCUT2D eigenvalue weighted by atomic mass is 10.3. The van der Waals surface area contributed by atoms with E-state index in [1.165, 1.54) is 0 Å². The molecule has 0 radical (unpaired) electrons. The normalized spacial score (nSPS) is 8.33. The van der Waals surface area contributed by atoms with Crippen LogP contribution in [0.2, 0.25) is 0 Å². The lowest BCUT2D eigenvalue weighted by Crippen LogP contribution is -1.91. The second kappa shape index (κ2) is 4.38. The van der Waals surface area contributed by atoms with Crippen LogP contribution in [0.1, 0.15) is 0 Å². The summed E-state index contributed by atoms with van der Waals surface area (Å²) >= 11 is 4.43. The van der Waals surface area contributed by atoms with Gasteiger partial charge < -0.3 is 5.32 Å². The molecule has 1 rings (SSSR count). The second-order valence-corrected chi connectivity index (χ2v) is 2.19. The number of hydrogen-bond acceptors (Lipinski definition) is 3. The molecule has 0 bridgehead atoms. The van der Waals surface area contributed by atoms with Crippen LogP contribution in [0.15, 0.2) is 29.3 Å². The summed E-state index contributed by atoms with van der Waals surface area (Å²) in [5.41, 5.74) is 1.45. The maximum atomic E-state index is 10.0. The first-order chi connectivity index (χ1) is 5.86. The molecule has 0 aromatic heterocycles. The number of thiocarbonyl (C=S) groups is 1. The predicted octanol–water partition coefficient (Wildman–Crippen LogP) is 1.99. The van der Waals surface area contributed by atoms with Gasteiger partial charge in [0.15, 0.2) is 0 Å². The quantitative estimate of drug-likeness (QED) is 0.437. The van der Waals surface area contributed by atoms with Crippen molar-refractivity contribution in [2.75, 3.05) is 5.32 Å². The Kier molecular flexibility index (Phi) is 3.14. The molecule has 1 aromatic rings. The van der Waals surface area contributed by atoms with E-state index < -0.39 is 0 Å². The number of nitrogens with zero attached hydrogens (tertiary/aromatic N) is 1. The van der Waals surface area contributed by atoms with Crippen molar-refractivity contribution in [3.63, 3.8) is 0 Å². The van der Waals surface area contributed by atoms with Crippen LogP contribution < -0.4 is 5.32 Å². The van der Waals surface area contributed by atoms with Gasteiger partial charge in [-0.3, -0.25) is 4.79 Å². The van der Waals surface area contributed by atoms with E-state index in [0.717, 1.165) is 11.4 Å². The fourth-order valence-electron chi connectivity index (χ4n) is 0.753. The van der Waals surface area contributed by atoms with Crippen LogP contribution in [-0.2, 0) is 4.79 Å². The zero-order valence-electron chi connectivity index (χ0n) is 6.15. The zero-order chi connectivity index (χ0) is 8.81. The van der Waals surface area contributed by atoms with Crippen LogP contribution in [0.5, 0.6) is 0 Å². The first kappa shape index (κ1) is 8.59. The van der Waals surface area contributed by atoms with E-state index in [4.69, 9.17) is 0 Å². The summed E-state index contributed by atoms with van der Waals surface area (Å²) < 4.78 is 0. The van der Waals surface area contributed by atoms with Crippen molar-refractivity contribution in [3.8, 4) is 0 Å². The molecular formula is C8H6N2OS. The molecule has 60 valence electrons. The highest BCUT2D eigenvalue weighted by molar-refractivity contribution is 7.78. The van der Waals surface area contributed by atoms with Gasteiger partial charge in [0, 0.05) is 5.69 Å². The predicted molar refractivity (Wildman–Crippen MR) is 50.8 cm³/mol. The number of rotatable bonds is 3. The van der Waals surface area contributed by atoms with Gasteiger partial charge in [0.05, 0.1) is 10.8 Å². The van der Waals surface area contributed by atoms with Crippen molar-refractivity contribution in [2.24, 2.45) is 4.99 Å². The third-order valence-corrected chi connectivity index (χ3v) is 1.36. The third-order valence-electron chi connectivity index (χ3n) is 1.27. The van der Waals surface area contributed by atoms with E-state index in [9.17, 15) is 4.79 Å². The second-order valence-electron chi connectivity index (χ2n) is 2.01. The lowest BCUT2D eigenvalue weighted by Gasteiger charge is -1.96. The number of aliphatic imine (C=N–C) groups is 1. The molecule has 0 atom stereocenters. The number of carbonyl (C=O) groups is 1. The molecule has 12 heavy (non-hydrogen) atoms. The van der Waals surface area contributed by atoms with E-state index >= 15 is 0 Å². The highest BCUT2D eigenvalue weighted by Gasteiger charge is 1.89. The standard InChI is InChI=1S/C8H6N2OS/c11-5-9-7-1-3-8(4-2-7)10-6-12/h1-5H,(H,9,11). The molecule has 1 amide bonds. The number of anilines is 1.